The average Bonchev–Trinajstić information content (AvgIpc) is 2.82. The zero-order valence-electron chi connectivity index (χ0n) is 15.6. The number of nitrogens with one attached hydrogen (secondary N) is 1. The van der Waals surface area contributed by atoms with Gasteiger partial charge < -0.3 is 10.1 Å². The van der Waals surface area contributed by atoms with Crippen LogP contribution in [0, 0.1) is 6.92 Å². The zero-order chi connectivity index (χ0) is 19.3. The first-order valence-electron chi connectivity index (χ1n) is 9.00. The van der Waals surface area contributed by atoms with Gasteiger partial charge in [0.05, 0.1) is 10.5 Å². The first-order chi connectivity index (χ1) is 12.2. The number of rotatable bonds is 5. The van der Waals surface area contributed by atoms with E-state index < -0.39 is 21.9 Å². The van der Waals surface area contributed by atoms with E-state index in [1.807, 2.05) is 0 Å². The smallest absolute Gasteiger partial charge is 0.339 e. The van der Waals surface area contributed by atoms with Crippen LogP contribution in [0.15, 0.2) is 23.1 Å². The highest BCUT2D eigenvalue weighted by molar-refractivity contribution is 7.90. The van der Waals surface area contributed by atoms with Crippen molar-refractivity contribution < 1.29 is 22.7 Å². The van der Waals surface area contributed by atoms with Crippen molar-refractivity contribution in [3.63, 3.8) is 0 Å². The molecule has 1 saturated carbocycles. The van der Waals surface area contributed by atoms with E-state index >= 15 is 0 Å². The average molecular weight is 381 g/mol. The maximum atomic E-state index is 12.4. The summed E-state index contributed by atoms with van der Waals surface area (Å²) in [6.07, 6.45) is 6.60. The fourth-order valence-electron chi connectivity index (χ4n) is 3.07. The third-order valence-corrected chi connectivity index (χ3v) is 5.82. The maximum Gasteiger partial charge on any atom is 0.339 e. The van der Waals surface area contributed by atoms with Crippen LogP contribution in [-0.2, 0) is 19.4 Å². The number of carbonyl (C=O) groups excluding carboxylic acids is 2. The van der Waals surface area contributed by atoms with Crippen molar-refractivity contribution in [3.05, 3.63) is 29.3 Å². The van der Waals surface area contributed by atoms with E-state index in [-0.39, 0.29) is 22.4 Å². The molecule has 2 rings (SSSR count). The molecule has 7 heteroatoms. The van der Waals surface area contributed by atoms with E-state index in [4.69, 9.17) is 4.74 Å². The van der Waals surface area contributed by atoms with Crippen LogP contribution < -0.4 is 5.32 Å². The molecule has 144 valence electrons. The number of aryl methyl sites for hydroxylation is 1. The van der Waals surface area contributed by atoms with E-state index in [9.17, 15) is 18.0 Å². The number of hydrogen-bond acceptors (Lipinski definition) is 5. The Morgan fingerprint density at radius 3 is 2.35 bits per heavy atom. The number of benzene rings is 1. The molecule has 1 aliphatic carbocycles. The first kappa shape index (κ1) is 20.4. The molecule has 0 aliphatic heterocycles. The number of hydrogen-bond donors (Lipinski definition) is 1. The summed E-state index contributed by atoms with van der Waals surface area (Å²) in [4.78, 5) is 24.8. The maximum absolute atomic E-state index is 12.4. The van der Waals surface area contributed by atoms with Crippen LogP contribution in [0.3, 0.4) is 0 Å². The topological polar surface area (TPSA) is 89.5 Å². The lowest BCUT2D eigenvalue weighted by atomic mass is 10.1. The highest BCUT2D eigenvalue weighted by Gasteiger charge is 2.23. The van der Waals surface area contributed by atoms with Crippen LogP contribution >= 0.6 is 0 Å². The number of sulfone groups is 1. The molecule has 1 amide bonds. The Morgan fingerprint density at radius 1 is 1.15 bits per heavy atom. The molecule has 1 aromatic carbocycles. The van der Waals surface area contributed by atoms with Crippen molar-refractivity contribution >= 4 is 21.7 Å². The van der Waals surface area contributed by atoms with Gasteiger partial charge in [-0.05, 0) is 44.4 Å². The molecule has 26 heavy (non-hydrogen) atoms. The second kappa shape index (κ2) is 8.66. The SMILES string of the molecule is Cc1ccc(S(C)(=O)=O)cc1C(=O)O[C@H](C)C(=O)NC1CCCCCC1. The molecule has 0 spiro atoms. The number of esters is 1. The lowest BCUT2D eigenvalue weighted by Crippen LogP contribution is -2.41. The molecule has 0 radical (unpaired) electrons. The minimum Gasteiger partial charge on any atom is -0.449 e. The van der Waals surface area contributed by atoms with Gasteiger partial charge in [0, 0.05) is 12.3 Å². The zero-order valence-corrected chi connectivity index (χ0v) is 16.4. The largest absolute Gasteiger partial charge is 0.449 e. The lowest BCUT2D eigenvalue weighted by Gasteiger charge is -2.20. The number of ether oxygens (including phenoxy) is 1. The Labute approximate surface area is 155 Å². The van der Waals surface area contributed by atoms with Crippen LogP contribution in [0.25, 0.3) is 0 Å². The molecule has 1 atom stereocenters. The van der Waals surface area contributed by atoms with Gasteiger partial charge in [0.15, 0.2) is 15.9 Å². The minimum atomic E-state index is -3.43. The number of carbonyl (C=O) groups is 2. The van der Waals surface area contributed by atoms with Gasteiger partial charge in [0.1, 0.15) is 0 Å². The summed E-state index contributed by atoms with van der Waals surface area (Å²) in [6.45, 7) is 3.22. The molecule has 0 saturated heterocycles. The van der Waals surface area contributed by atoms with E-state index in [0.29, 0.717) is 5.56 Å². The summed E-state index contributed by atoms with van der Waals surface area (Å²) in [5, 5.41) is 2.95. The van der Waals surface area contributed by atoms with Crippen molar-refractivity contribution in [1.82, 2.24) is 5.32 Å². The molecular formula is C19H27NO5S. The fourth-order valence-corrected chi connectivity index (χ4v) is 3.72. The van der Waals surface area contributed by atoms with E-state index in [0.717, 1.165) is 31.9 Å². The van der Waals surface area contributed by atoms with Gasteiger partial charge in [-0.1, -0.05) is 31.7 Å². The Bertz CT molecular complexity index is 764. The molecule has 6 nitrogen and oxygen atoms in total. The van der Waals surface area contributed by atoms with Gasteiger partial charge in [0.2, 0.25) is 0 Å². The van der Waals surface area contributed by atoms with Crippen LogP contribution in [0.5, 0.6) is 0 Å². The summed E-state index contributed by atoms with van der Waals surface area (Å²) < 4.78 is 28.6. The van der Waals surface area contributed by atoms with E-state index in [1.165, 1.54) is 31.9 Å². The van der Waals surface area contributed by atoms with Crippen molar-refractivity contribution in [2.24, 2.45) is 0 Å². The lowest BCUT2D eigenvalue weighted by molar-refractivity contribution is -0.129. The molecule has 0 heterocycles. The molecule has 0 unspecified atom stereocenters. The van der Waals surface area contributed by atoms with Gasteiger partial charge in [-0.2, -0.15) is 0 Å². The fraction of sp³-hybridized carbons (Fsp3) is 0.579. The third-order valence-electron chi connectivity index (χ3n) is 4.71. The Balaban J connectivity index is 2.03. The summed E-state index contributed by atoms with van der Waals surface area (Å²) >= 11 is 0. The van der Waals surface area contributed by atoms with Gasteiger partial charge in [0.25, 0.3) is 5.91 Å². The van der Waals surface area contributed by atoms with E-state index in [2.05, 4.69) is 5.32 Å². The molecule has 0 bridgehead atoms. The van der Waals surface area contributed by atoms with Crippen LogP contribution in [0.1, 0.15) is 61.4 Å². The summed E-state index contributed by atoms with van der Waals surface area (Å²) in [5.41, 5.74) is 0.751. The van der Waals surface area contributed by atoms with Gasteiger partial charge in [-0.15, -0.1) is 0 Å². The first-order valence-corrected chi connectivity index (χ1v) is 10.9. The quantitative estimate of drug-likeness (QED) is 0.626. The molecule has 1 fully saturated rings. The second-order valence-corrected chi connectivity index (χ2v) is 9.01. The van der Waals surface area contributed by atoms with Gasteiger partial charge >= 0.3 is 5.97 Å². The van der Waals surface area contributed by atoms with Crippen LogP contribution in [0.2, 0.25) is 0 Å². The number of amides is 1. The van der Waals surface area contributed by atoms with Gasteiger partial charge in [-0.25, -0.2) is 13.2 Å². The monoisotopic (exact) mass is 381 g/mol. The molecule has 0 aromatic heterocycles. The van der Waals surface area contributed by atoms with Crippen LogP contribution in [0.4, 0.5) is 0 Å². The van der Waals surface area contributed by atoms with Crippen molar-refractivity contribution in [2.45, 2.75) is 69.4 Å². The predicted molar refractivity (Wildman–Crippen MR) is 98.8 cm³/mol. The molecule has 1 N–H and O–H groups in total. The second-order valence-electron chi connectivity index (χ2n) is 6.99. The predicted octanol–water partition coefficient (Wildman–Crippen LogP) is 2.78. The van der Waals surface area contributed by atoms with Crippen molar-refractivity contribution in [3.8, 4) is 0 Å². The molecular weight excluding hydrogens is 354 g/mol. The van der Waals surface area contributed by atoms with E-state index in [1.54, 1.807) is 13.0 Å². The Hall–Kier alpha value is -1.89. The highest BCUT2D eigenvalue weighted by atomic mass is 32.2. The van der Waals surface area contributed by atoms with Crippen LogP contribution in [-0.4, -0.2) is 38.7 Å². The Kier molecular flexibility index (Phi) is 6.81. The Morgan fingerprint density at radius 2 is 1.77 bits per heavy atom. The van der Waals surface area contributed by atoms with Gasteiger partial charge in [-0.3, -0.25) is 4.79 Å². The molecule has 1 aromatic rings. The summed E-state index contributed by atoms with van der Waals surface area (Å²) in [5.74, 6) is -1.02. The normalized spacial score (nSPS) is 17.2. The minimum absolute atomic E-state index is 0.0469. The van der Waals surface area contributed by atoms with Crippen molar-refractivity contribution in [2.75, 3.05) is 6.26 Å². The van der Waals surface area contributed by atoms with Crippen molar-refractivity contribution in [1.29, 1.82) is 0 Å². The standard InChI is InChI=1S/C19H27NO5S/c1-13-10-11-16(26(3,23)24)12-17(13)19(22)25-14(2)18(21)20-15-8-6-4-5-7-9-15/h10-12,14-15H,4-9H2,1-3H3,(H,20,21)/t14-/m1/s1. The highest BCUT2D eigenvalue weighted by Crippen LogP contribution is 2.19. The molecule has 1 aliphatic rings. The summed E-state index contributed by atoms with van der Waals surface area (Å²) in [7, 11) is -3.43. The summed E-state index contributed by atoms with van der Waals surface area (Å²) in [6, 6.07) is 4.43. The third kappa shape index (κ3) is 5.56.